The summed E-state index contributed by atoms with van der Waals surface area (Å²) in [6.45, 7) is 2.66. The Labute approximate surface area is 193 Å². The van der Waals surface area contributed by atoms with Crippen LogP contribution in [0, 0.1) is 5.92 Å². The highest BCUT2D eigenvalue weighted by atomic mass is 31.1. The van der Waals surface area contributed by atoms with E-state index in [1.54, 1.807) is 44.2 Å². The molecule has 2 aromatic heterocycles. The molecule has 4 rings (SSSR count). The number of alkyl halides is 1. The van der Waals surface area contributed by atoms with E-state index in [0.717, 1.165) is 0 Å². The summed E-state index contributed by atoms with van der Waals surface area (Å²) in [4.78, 5) is 35.1. The van der Waals surface area contributed by atoms with Crippen molar-refractivity contribution in [1.29, 1.82) is 0 Å². The Kier molecular flexibility index (Phi) is 6.98. The van der Waals surface area contributed by atoms with Crippen molar-refractivity contribution in [2.75, 3.05) is 11.9 Å². The third kappa shape index (κ3) is 4.82. The van der Waals surface area contributed by atoms with Crippen LogP contribution in [0.25, 0.3) is 11.2 Å². The average molecular weight is 494 g/mol. The van der Waals surface area contributed by atoms with E-state index in [2.05, 4.69) is 20.3 Å². The first kappa shape index (κ1) is 23.9. The summed E-state index contributed by atoms with van der Waals surface area (Å²) in [6.07, 6.45) is -4.78. The molecule has 1 aliphatic heterocycles. The first-order chi connectivity index (χ1) is 16.3. The van der Waals surface area contributed by atoms with Gasteiger partial charge in [0.25, 0.3) is 5.56 Å². The highest BCUT2D eigenvalue weighted by molar-refractivity contribution is 7.33. The average Bonchev–Trinajstić information content (AvgIpc) is 3.35. The van der Waals surface area contributed by atoms with Crippen LogP contribution in [0.2, 0.25) is 0 Å². The number of aliphatic hydroxyl groups is 1. The molecule has 3 heterocycles. The third-order valence-corrected chi connectivity index (χ3v) is 5.82. The number of benzene rings is 1. The van der Waals surface area contributed by atoms with Crippen LogP contribution in [-0.4, -0.2) is 55.5 Å². The molecule has 14 heteroatoms. The van der Waals surface area contributed by atoms with E-state index in [1.807, 2.05) is 0 Å². The van der Waals surface area contributed by atoms with Crippen molar-refractivity contribution in [3.8, 4) is 5.75 Å². The molecule has 1 unspecified atom stereocenters. The number of hydrogen-bond acceptors (Lipinski definition) is 9. The molecule has 3 N–H and O–H groups in total. The van der Waals surface area contributed by atoms with Crippen LogP contribution in [0.1, 0.15) is 20.1 Å². The second-order valence-corrected chi connectivity index (χ2v) is 8.61. The smallest absolute Gasteiger partial charge is 0.394 e. The fourth-order valence-electron chi connectivity index (χ4n) is 3.30. The number of aliphatic hydroxyl groups excluding tert-OH is 1. The number of fused-ring (bicyclic) bond motifs is 1. The van der Waals surface area contributed by atoms with Gasteiger partial charge in [0.1, 0.15) is 6.10 Å². The summed E-state index contributed by atoms with van der Waals surface area (Å²) >= 11 is 0. The van der Waals surface area contributed by atoms with Gasteiger partial charge in [-0.2, -0.15) is 4.98 Å². The molecule has 3 aromatic rings. The summed E-state index contributed by atoms with van der Waals surface area (Å²) in [5.41, 5.74) is -0.781. The van der Waals surface area contributed by atoms with Crippen molar-refractivity contribution < 1.29 is 32.6 Å². The monoisotopic (exact) mass is 494 g/mol. The predicted octanol–water partition coefficient (Wildman–Crippen LogP) is 2.06. The number of para-hydroxylation sites is 1. The summed E-state index contributed by atoms with van der Waals surface area (Å²) in [6, 6.07) is 8.17. The Bertz CT molecular complexity index is 1250. The number of carbonyl (C=O) groups is 1. The number of nitrogens with zero attached hydrogens (tertiary/aromatic N) is 3. The maximum Gasteiger partial charge on any atom is 0.750 e. The third-order valence-electron chi connectivity index (χ3n) is 5.05. The number of hydrogen-bond donors (Lipinski definition) is 3. The topological polar surface area (TPSA) is 158 Å². The summed E-state index contributed by atoms with van der Waals surface area (Å²) in [5.74, 6) is -0.645. The van der Waals surface area contributed by atoms with Gasteiger partial charge in [-0.25, -0.2) is 13.9 Å². The first-order valence-electron chi connectivity index (χ1n) is 10.3. The summed E-state index contributed by atoms with van der Waals surface area (Å²) < 4.78 is 44.9. The Morgan fingerprint density at radius 3 is 2.79 bits per heavy atom. The van der Waals surface area contributed by atoms with Crippen LogP contribution in [0.5, 0.6) is 5.75 Å². The van der Waals surface area contributed by atoms with Gasteiger partial charge in [-0.15, -0.1) is 4.52 Å². The van der Waals surface area contributed by atoms with Gasteiger partial charge in [-0.3, -0.25) is 24.5 Å². The molecule has 5 atom stereocenters. The number of nitrogens with one attached hydrogen (secondary N) is 2. The van der Waals surface area contributed by atoms with Gasteiger partial charge < -0.3 is 9.84 Å². The van der Waals surface area contributed by atoms with Crippen molar-refractivity contribution in [3.05, 3.63) is 47.0 Å². The molecule has 1 amide bonds. The number of amides is 1. The number of rotatable bonds is 8. The van der Waals surface area contributed by atoms with Crippen molar-refractivity contribution in [2.45, 2.75) is 38.5 Å². The quantitative estimate of drug-likeness (QED) is 0.399. The van der Waals surface area contributed by atoms with Crippen molar-refractivity contribution in [3.63, 3.8) is 0 Å². The van der Waals surface area contributed by atoms with Crippen LogP contribution in [0.3, 0.4) is 0 Å². The molecule has 1 aliphatic rings. The zero-order chi connectivity index (χ0) is 24.4. The van der Waals surface area contributed by atoms with Crippen LogP contribution >= 0.6 is 8.25 Å². The number of aromatic amines is 1. The van der Waals surface area contributed by atoms with E-state index in [-0.39, 0.29) is 34.7 Å². The molecule has 0 bridgehead atoms. The largest absolute Gasteiger partial charge is 0.750 e. The lowest BCUT2D eigenvalue weighted by atomic mass is 10.1. The molecular formula is C20H22FN5O7P+. The number of imidazole rings is 1. The van der Waals surface area contributed by atoms with Gasteiger partial charge >= 0.3 is 8.25 Å². The van der Waals surface area contributed by atoms with Gasteiger partial charge in [0.2, 0.25) is 11.9 Å². The van der Waals surface area contributed by atoms with Crippen molar-refractivity contribution >= 4 is 31.3 Å². The Morgan fingerprint density at radius 1 is 1.38 bits per heavy atom. The molecule has 1 saturated heterocycles. The zero-order valence-electron chi connectivity index (χ0n) is 18.1. The summed E-state index contributed by atoms with van der Waals surface area (Å²) in [5, 5.41) is 12.0. The minimum Gasteiger partial charge on any atom is -0.394 e. The SMILES string of the molecule is CC(C)C(=O)Nc1nc2c(ncn2[C@@H]2O[C@H](CO)[C@@H](F)[C@H]2O[P+](=O)Oc2ccccc2)c(=O)[nH]1. The summed E-state index contributed by atoms with van der Waals surface area (Å²) in [7, 11) is -2.83. The molecule has 1 aromatic carbocycles. The molecule has 12 nitrogen and oxygen atoms in total. The second-order valence-electron chi connectivity index (χ2n) is 7.77. The Morgan fingerprint density at radius 2 is 2.12 bits per heavy atom. The Hall–Kier alpha value is -3.25. The molecule has 0 radical (unpaired) electrons. The molecule has 180 valence electrons. The molecule has 0 saturated carbocycles. The minimum absolute atomic E-state index is 0.0357. The van der Waals surface area contributed by atoms with Gasteiger partial charge in [0.15, 0.2) is 35.4 Å². The van der Waals surface area contributed by atoms with Gasteiger partial charge in [-0.1, -0.05) is 32.0 Å². The highest BCUT2D eigenvalue weighted by Crippen LogP contribution is 2.41. The van der Waals surface area contributed by atoms with Gasteiger partial charge in [0.05, 0.1) is 12.9 Å². The fourth-order valence-corrected chi connectivity index (χ4v) is 4.06. The minimum atomic E-state index is -2.83. The molecule has 34 heavy (non-hydrogen) atoms. The molecular weight excluding hydrogens is 472 g/mol. The van der Waals surface area contributed by atoms with E-state index in [0.29, 0.717) is 0 Å². The lowest BCUT2D eigenvalue weighted by Crippen LogP contribution is -2.31. The van der Waals surface area contributed by atoms with Crippen molar-refractivity contribution in [1.82, 2.24) is 19.5 Å². The molecule has 1 fully saturated rings. The van der Waals surface area contributed by atoms with Crippen LogP contribution in [0.15, 0.2) is 41.5 Å². The van der Waals surface area contributed by atoms with E-state index in [9.17, 15) is 19.3 Å². The number of halogens is 1. The van der Waals surface area contributed by atoms with Crippen LogP contribution in [0.4, 0.5) is 10.3 Å². The maximum absolute atomic E-state index is 15.0. The number of H-pyrrole nitrogens is 1. The van der Waals surface area contributed by atoms with E-state index in [4.69, 9.17) is 13.8 Å². The fraction of sp³-hybridized carbons (Fsp3) is 0.400. The normalized spacial score (nSPS) is 22.8. The van der Waals surface area contributed by atoms with E-state index in [1.165, 1.54) is 10.9 Å². The second kappa shape index (κ2) is 9.94. The lowest BCUT2D eigenvalue weighted by Gasteiger charge is -2.16. The number of carbonyl (C=O) groups excluding carboxylic acids is 1. The zero-order valence-corrected chi connectivity index (χ0v) is 19.0. The van der Waals surface area contributed by atoms with Crippen molar-refractivity contribution in [2.24, 2.45) is 5.92 Å². The number of aromatic nitrogens is 4. The molecule has 0 spiro atoms. The van der Waals surface area contributed by atoms with E-state index < -0.39 is 45.0 Å². The van der Waals surface area contributed by atoms with Gasteiger partial charge in [-0.05, 0) is 12.1 Å². The maximum atomic E-state index is 15.0. The van der Waals surface area contributed by atoms with Crippen LogP contribution in [-0.2, 0) is 18.6 Å². The first-order valence-corrected chi connectivity index (χ1v) is 11.4. The lowest BCUT2D eigenvalue weighted by molar-refractivity contribution is -0.118. The molecule has 0 aliphatic carbocycles. The number of anilines is 1. The highest BCUT2D eigenvalue weighted by Gasteiger charge is 2.52. The van der Waals surface area contributed by atoms with Crippen LogP contribution < -0.4 is 15.4 Å². The van der Waals surface area contributed by atoms with E-state index >= 15 is 4.39 Å². The standard InChI is InChI=1S/C20H21FN5O7P/c1-10(2)17(28)24-20-23-16-14(18(29)25-20)22-9-26(16)19-15(13(21)12(8-27)31-19)33-34(30)32-11-6-4-3-5-7-11/h3-7,9-10,12-13,15,19,27H,8H2,1-2H3,(H-,23,24,25,28,29)/p+1/t12-,13-,15-,19-/m1/s1. The van der Waals surface area contributed by atoms with Gasteiger partial charge in [0, 0.05) is 10.5 Å². The Balaban J connectivity index is 1.65. The number of ether oxygens (including phenoxy) is 1. The predicted molar refractivity (Wildman–Crippen MR) is 117 cm³/mol.